The fraction of sp³-hybridized carbons (Fsp3) is 0.350. The van der Waals surface area contributed by atoms with Gasteiger partial charge in [0.2, 0.25) is 0 Å². The molecule has 0 fully saturated rings. The Morgan fingerprint density at radius 1 is 1.16 bits per heavy atom. The molecule has 4 nitrogen and oxygen atoms in total. The average Bonchev–Trinajstić information content (AvgIpc) is 2.60. The Morgan fingerprint density at radius 2 is 1.88 bits per heavy atom. The highest BCUT2D eigenvalue weighted by Gasteiger charge is 2.21. The Bertz CT molecular complexity index is 759. The van der Waals surface area contributed by atoms with Crippen molar-refractivity contribution in [1.29, 1.82) is 0 Å². The van der Waals surface area contributed by atoms with Gasteiger partial charge in [-0.05, 0) is 36.6 Å². The van der Waals surface area contributed by atoms with Gasteiger partial charge >= 0.3 is 0 Å². The third-order valence-electron chi connectivity index (χ3n) is 3.85. The summed E-state index contributed by atoms with van der Waals surface area (Å²) >= 11 is 0. The van der Waals surface area contributed by atoms with Gasteiger partial charge in [-0.2, -0.15) is 0 Å². The zero-order valence-corrected chi connectivity index (χ0v) is 14.8. The van der Waals surface area contributed by atoms with Crippen LogP contribution in [0.5, 0.6) is 0 Å². The van der Waals surface area contributed by atoms with E-state index in [0.29, 0.717) is 24.1 Å². The lowest BCUT2D eigenvalue weighted by molar-refractivity contribution is -0.120. The van der Waals surface area contributed by atoms with Crippen molar-refractivity contribution in [2.45, 2.75) is 39.7 Å². The first-order valence-electron chi connectivity index (χ1n) is 8.47. The van der Waals surface area contributed by atoms with Crippen molar-refractivity contribution in [3.05, 3.63) is 54.0 Å². The number of hydrogen-bond acceptors (Lipinski definition) is 3. The first-order valence-corrected chi connectivity index (χ1v) is 8.47. The number of carbonyl (C=O) groups excluding carboxylic acids is 2. The maximum Gasteiger partial charge on any atom is 0.270 e. The summed E-state index contributed by atoms with van der Waals surface area (Å²) in [6.07, 6.45) is 0.955. The quantitative estimate of drug-likeness (QED) is 0.827. The summed E-state index contributed by atoms with van der Waals surface area (Å²) in [6.45, 7) is 5.79. The van der Waals surface area contributed by atoms with Gasteiger partial charge in [0.1, 0.15) is 11.5 Å². The molecule has 25 heavy (non-hydrogen) atoms. The molecular formula is C20H23FN2O2. The summed E-state index contributed by atoms with van der Waals surface area (Å²) in [4.78, 5) is 28.9. The van der Waals surface area contributed by atoms with Gasteiger partial charge in [0, 0.05) is 12.0 Å². The molecule has 0 unspecified atom stereocenters. The number of nitrogens with one attached hydrogen (secondary N) is 1. The van der Waals surface area contributed by atoms with Crippen LogP contribution in [0.1, 0.15) is 44.1 Å². The number of halogens is 1. The van der Waals surface area contributed by atoms with Crippen LogP contribution in [0, 0.1) is 11.7 Å². The van der Waals surface area contributed by atoms with E-state index >= 15 is 0 Å². The van der Waals surface area contributed by atoms with Gasteiger partial charge in [0.05, 0.1) is 11.7 Å². The van der Waals surface area contributed by atoms with Gasteiger partial charge in [-0.3, -0.25) is 9.59 Å². The van der Waals surface area contributed by atoms with Crippen LogP contribution in [0.4, 0.5) is 4.39 Å². The molecule has 1 atom stereocenters. The summed E-state index contributed by atoms with van der Waals surface area (Å²) in [5, 5.41) is 2.78. The number of amides is 1. The molecule has 1 heterocycles. The van der Waals surface area contributed by atoms with Crippen LogP contribution in [0.3, 0.4) is 0 Å². The van der Waals surface area contributed by atoms with Crippen molar-refractivity contribution in [1.82, 2.24) is 10.3 Å². The third kappa shape index (κ3) is 5.21. The van der Waals surface area contributed by atoms with Crippen LogP contribution in [0.25, 0.3) is 11.3 Å². The van der Waals surface area contributed by atoms with E-state index in [1.54, 1.807) is 37.3 Å². The highest BCUT2D eigenvalue weighted by atomic mass is 19.1. The number of pyridine rings is 1. The zero-order valence-electron chi connectivity index (χ0n) is 14.8. The standard InChI is InChI=1S/C20H23FN2O2/c1-4-19(24)18(11-13(2)3)23-20(25)17-10-6-9-16(22-17)14-7-5-8-15(21)12-14/h5-10,12-13,18H,4,11H2,1-3H3,(H,23,25)/t18-/m0/s1. The Labute approximate surface area is 147 Å². The van der Waals surface area contributed by atoms with Crippen LogP contribution < -0.4 is 5.32 Å². The maximum atomic E-state index is 13.4. The summed E-state index contributed by atoms with van der Waals surface area (Å²) in [7, 11) is 0. The Balaban J connectivity index is 2.21. The molecule has 0 aliphatic carbocycles. The molecule has 5 heteroatoms. The summed E-state index contributed by atoms with van der Waals surface area (Å²) < 4.78 is 13.4. The molecule has 0 spiro atoms. The smallest absolute Gasteiger partial charge is 0.270 e. The molecule has 1 amide bonds. The highest BCUT2D eigenvalue weighted by molar-refractivity contribution is 5.96. The largest absolute Gasteiger partial charge is 0.341 e. The minimum absolute atomic E-state index is 0.00309. The molecule has 2 aromatic rings. The summed E-state index contributed by atoms with van der Waals surface area (Å²) in [6, 6.07) is 10.5. The van der Waals surface area contributed by atoms with E-state index < -0.39 is 11.9 Å². The van der Waals surface area contributed by atoms with Crippen molar-refractivity contribution in [2.24, 2.45) is 5.92 Å². The average molecular weight is 342 g/mol. The number of hydrogen-bond donors (Lipinski definition) is 1. The molecule has 1 aromatic carbocycles. The van der Waals surface area contributed by atoms with E-state index in [1.165, 1.54) is 12.1 Å². The molecule has 0 aliphatic heterocycles. The van der Waals surface area contributed by atoms with E-state index in [1.807, 2.05) is 13.8 Å². The topological polar surface area (TPSA) is 59.1 Å². The molecule has 0 saturated heterocycles. The van der Waals surface area contributed by atoms with Gasteiger partial charge in [-0.15, -0.1) is 0 Å². The lowest BCUT2D eigenvalue weighted by atomic mass is 9.99. The number of benzene rings is 1. The Kier molecular flexibility index (Phi) is 6.39. The first-order chi connectivity index (χ1) is 11.9. The Hall–Kier alpha value is -2.56. The van der Waals surface area contributed by atoms with Gasteiger partial charge in [-0.1, -0.05) is 39.0 Å². The fourth-order valence-corrected chi connectivity index (χ4v) is 2.59. The van der Waals surface area contributed by atoms with Crippen molar-refractivity contribution >= 4 is 11.7 Å². The fourth-order valence-electron chi connectivity index (χ4n) is 2.59. The molecule has 0 radical (unpaired) electrons. The van der Waals surface area contributed by atoms with Crippen molar-refractivity contribution < 1.29 is 14.0 Å². The Morgan fingerprint density at radius 3 is 2.52 bits per heavy atom. The third-order valence-corrected chi connectivity index (χ3v) is 3.85. The van der Waals surface area contributed by atoms with Crippen LogP contribution in [-0.2, 0) is 4.79 Å². The SMILES string of the molecule is CCC(=O)[C@H](CC(C)C)NC(=O)c1cccc(-c2cccc(F)c2)n1. The normalized spacial score (nSPS) is 12.0. The molecule has 2 rings (SSSR count). The van der Waals surface area contributed by atoms with Crippen molar-refractivity contribution in [2.75, 3.05) is 0 Å². The van der Waals surface area contributed by atoms with E-state index in [9.17, 15) is 14.0 Å². The second kappa shape index (κ2) is 8.51. The maximum absolute atomic E-state index is 13.4. The predicted octanol–water partition coefficient (Wildman–Crippen LogP) is 4.01. The van der Waals surface area contributed by atoms with Gasteiger partial charge in [0.15, 0.2) is 5.78 Å². The number of ketones is 1. The minimum Gasteiger partial charge on any atom is -0.341 e. The molecular weight excluding hydrogens is 319 g/mol. The van der Waals surface area contributed by atoms with Crippen LogP contribution in [-0.4, -0.2) is 22.7 Å². The molecule has 132 valence electrons. The van der Waals surface area contributed by atoms with E-state index in [-0.39, 0.29) is 23.2 Å². The second-order valence-corrected chi connectivity index (χ2v) is 6.39. The number of nitrogens with zero attached hydrogens (tertiary/aromatic N) is 1. The molecule has 0 aliphatic rings. The predicted molar refractivity (Wildman–Crippen MR) is 95.6 cm³/mol. The summed E-state index contributed by atoms with van der Waals surface area (Å²) in [5.41, 5.74) is 1.31. The monoisotopic (exact) mass is 342 g/mol. The second-order valence-electron chi connectivity index (χ2n) is 6.39. The van der Waals surface area contributed by atoms with Crippen LogP contribution in [0.15, 0.2) is 42.5 Å². The number of aromatic nitrogens is 1. The minimum atomic E-state index is -0.517. The summed E-state index contributed by atoms with van der Waals surface area (Å²) in [5.74, 6) is -0.471. The number of Topliss-reactive ketones (excluding diaryl/α,β-unsaturated/α-hetero) is 1. The van der Waals surface area contributed by atoms with Crippen molar-refractivity contribution in [3.63, 3.8) is 0 Å². The number of carbonyl (C=O) groups is 2. The lowest BCUT2D eigenvalue weighted by Gasteiger charge is -2.19. The van der Waals surface area contributed by atoms with Gasteiger partial charge in [0.25, 0.3) is 5.91 Å². The van der Waals surface area contributed by atoms with Gasteiger partial charge < -0.3 is 5.32 Å². The molecule has 0 bridgehead atoms. The highest BCUT2D eigenvalue weighted by Crippen LogP contribution is 2.18. The number of rotatable bonds is 7. The van der Waals surface area contributed by atoms with Crippen LogP contribution >= 0.6 is 0 Å². The van der Waals surface area contributed by atoms with Crippen molar-refractivity contribution in [3.8, 4) is 11.3 Å². The first kappa shape index (κ1) is 18.8. The van der Waals surface area contributed by atoms with Gasteiger partial charge in [-0.25, -0.2) is 9.37 Å². The van der Waals surface area contributed by atoms with E-state index in [2.05, 4.69) is 10.3 Å². The lowest BCUT2D eigenvalue weighted by Crippen LogP contribution is -2.41. The zero-order chi connectivity index (χ0) is 18.4. The van der Waals surface area contributed by atoms with Crippen LogP contribution in [0.2, 0.25) is 0 Å². The molecule has 1 aromatic heterocycles. The molecule has 1 N–H and O–H groups in total. The van der Waals surface area contributed by atoms with E-state index in [4.69, 9.17) is 0 Å². The molecule has 0 saturated carbocycles. The van der Waals surface area contributed by atoms with E-state index in [0.717, 1.165) is 0 Å².